The summed E-state index contributed by atoms with van der Waals surface area (Å²) in [4.78, 5) is 7.16. The summed E-state index contributed by atoms with van der Waals surface area (Å²) in [6, 6.07) is 7.22. The molecule has 0 atom stereocenters. The summed E-state index contributed by atoms with van der Waals surface area (Å²) >= 11 is 0. The lowest BCUT2D eigenvalue weighted by Crippen LogP contribution is -2.48. The molecular weight excluding hydrogens is 496 g/mol. The zero-order valence-electron chi connectivity index (χ0n) is 18.1. The first-order valence-electron chi connectivity index (χ1n) is 10.5. The molecule has 6 nitrogen and oxygen atoms in total. The quantitative estimate of drug-likeness (QED) is 0.325. The van der Waals surface area contributed by atoms with E-state index in [9.17, 15) is 4.39 Å². The monoisotopic (exact) mass is 529 g/mol. The second-order valence-corrected chi connectivity index (χ2v) is 7.63. The zero-order valence-corrected chi connectivity index (χ0v) is 20.4. The lowest BCUT2D eigenvalue weighted by Gasteiger charge is -2.33. The number of aryl methyl sites for hydroxylation is 2. The van der Waals surface area contributed by atoms with E-state index < -0.39 is 0 Å². The van der Waals surface area contributed by atoms with Crippen molar-refractivity contribution >= 4 is 29.9 Å². The summed E-state index contributed by atoms with van der Waals surface area (Å²) in [5.74, 6) is 1.57. The second kappa shape index (κ2) is 12.2. The molecule has 8 heteroatoms. The molecule has 1 saturated heterocycles. The third-order valence-electron chi connectivity index (χ3n) is 5.41. The van der Waals surface area contributed by atoms with Crippen LogP contribution in [0.25, 0.3) is 0 Å². The highest BCUT2D eigenvalue weighted by Gasteiger charge is 2.20. The second-order valence-electron chi connectivity index (χ2n) is 7.63. The van der Waals surface area contributed by atoms with E-state index in [4.69, 9.17) is 9.52 Å². The van der Waals surface area contributed by atoms with E-state index in [2.05, 4.69) is 27.6 Å². The third kappa shape index (κ3) is 7.23. The van der Waals surface area contributed by atoms with Crippen molar-refractivity contribution in [2.45, 2.75) is 52.6 Å². The van der Waals surface area contributed by atoms with Crippen molar-refractivity contribution < 1.29 is 8.91 Å². The molecule has 2 heterocycles. The Morgan fingerprint density at radius 1 is 1.23 bits per heavy atom. The molecule has 30 heavy (non-hydrogen) atoms. The van der Waals surface area contributed by atoms with Crippen LogP contribution in [0.1, 0.15) is 42.3 Å². The Morgan fingerprint density at radius 2 is 1.93 bits per heavy atom. The summed E-state index contributed by atoms with van der Waals surface area (Å²) in [5, 5.41) is 10.9. The molecule has 1 aromatic heterocycles. The SMILES string of the molecule is CCNC(=NCCc1c(C)noc1C)NC1CCN(Cc2ccc(F)cc2)CC1.I. The fourth-order valence-electron chi connectivity index (χ4n) is 3.74. The molecule has 1 aliphatic rings. The highest BCUT2D eigenvalue weighted by atomic mass is 127. The predicted molar refractivity (Wildman–Crippen MR) is 129 cm³/mol. The molecular formula is C22H33FIN5O. The van der Waals surface area contributed by atoms with Gasteiger partial charge in [-0.15, -0.1) is 24.0 Å². The van der Waals surface area contributed by atoms with E-state index >= 15 is 0 Å². The summed E-state index contributed by atoms with van der Waals surface area (Å²) in [6.07, 6.45) is 2.96. The van der Waals surface area contributed by atoms with E-state index in [0.717, 1.165) is 74.0 Å². The minimum absolute atomic E-state index is 0. The van der Waals surface area contributed by atoms with Crippen LogP contribution in [0.3, 0.4) is 0 Å². The van der Waals surface area contributed by atoms with Gasteiger partial charge in [0.1, 0.15) is 11.6 Å². The standard InChI is InChI=1S/C22H32FN5O.HI/c1-4-24-22(25-12-9-21-16(2)27-29-17(21)3)26-20-10-13-28(14-11-20)15-18-5-7-19(23)8-6-18;/h5-8,20H,4,9-15H2,1-3H3,(H2,24,25,26);1H. The van der Waals surface area contributed by atoms with Crippen LogP contribution in [0.15, 0.2) is 33.8 Å². The van der Waals surface area contributed by atoms with Crippen LogP contribution in [0.2, 0.25) is 0 Å². The number of nitrogens with one attached hydrogen (secondary N) is 2. The topological polar surface area (TPSA) is 65.7 Å². The van der Waals surface area contributed by atoms with Crippen LogP contribution in [0.5, 0.6) is 0 Å². The van der Waals surface area contributed by atoms with Crippen molar-refractivity contribution in [1.29, 1.82) is 0 Å². The van der Waals surface area contributed by atoms with Crippen LogP contribution in [0.4, 0.5) is 4.39 Å². The van der Waals surface area contributed by atoms with Crippen molar-refractivity contribution in [2.24, 2.45) is 4.99 Å². The number of guanidine groups is 1. The van der Waals surface area contributed by atoms with Gasteiger partial charge in [-0.3, -0.25) is 9.89 Å². The van der Waals surface area contributed by atoms with Crippen molar-refractivity contribution in [3.63, 3.8) is 0 Å². The number of piperidine rings is 1. The normalized spacial score (nSPS) is 15.7. The maximum atomic E-state index is 13.1. The molecule has 1 fully saturated rings. The fraction of sp³-hybridized carbons (Fsp3) is 0.545. The Morgan fingerprint density at radius 3 is 2.53 bits per heavy atom. The first kappa shape index (κ1) is 24.6. The van der Waals surface area contributed by atoms with Gasteiger partial charge in [0.05, 0.1) is 5.69 Å². The molecule has 1 aromatic carbocycles. The Balaban J connectivity index is 0.00000320. The molecule has 166 valence electrons. The van der Waals surface area contributed by atoms with Crippen LogP contribution < -0.4 is 10.6 Å². The highest BCUT2D eigenvalue weighted by molar-refractivity contribution is 14.0. The van der Waals surface area contributed by atoms with Crippen LogP contribution in [-0.2, 0) is 13.0 Å². The maximum Gasteiger partial charge on any atom is 0.191 e. The lowest BCUT2D eigenvalue weighted by molar-refractivity contribution is 0.198. The zero-order chi connectivity index (χ0) is 20.6. The molecule has 2 aromatic rings. The van der Waals surface area contributed by atoms with Gasteiger partial charge in [-0.1, -0.05) is 17.3 Å². The number of likely N-dealkylation sites (tertiary alicyclic amines) is 1. The largest absolute Gasteiger partial charge is 0.361 e. The number of nitrogens with zero attached hydrogens (tertiary/aromatic N) is 3. The van der Waals surface area contributed by atoms with Gasteiger partial charge in [0.25, 0.3) is 0 Å². The fourth-order valence-corrected chi connectivity index (χ4v) is 3.74. The van der Waals surface area contributed by atoms with E-state index in [1.54, 1.807) is 0 Å². The minimum Gasteiger partial charge on any atom is -0.361 e. The number of hydrogen-bond acceptors (Lipinski definition) is 4. The molecule has 0 saturated carbocycles. The highest BCUT2D eigenvalue weighted by Crippen LogP contribution is 2.15. The van der Waals surface area contributed by atoms with Crippen LogP contribution >= 0.6 is 24.0 Å². The Labute approximate surface area is 195 Å². The van der Waals surface area contributed by atoms with Gasteiger partial charge in [-0.2, -0.15) is 0 Å². The first-order valence-corrected chi connectivity index (χ1v) is 10.5. The summed E-state index contributed by atoms with van der Waals surface area (Å²) in [6.45, 7) is 10.4. The van der Waals surface area contributed by atoms with E-state index in [1.165, 1.54) is 12.1 Å². The number of aliphatic imine (C=N–C) groups is 1. The van der Waals surface area contributed by atoms with Gasteiger partial charge < -0.3 is 15.2 Å². The third-order valence-corrected chi connectivity index (χ3v) is 5.41. The number of halogens is 2. The maximum absolute atomic E-state index is 13.1. The average molecular weight is 529 g/mol. The average Bonchev–Trinajstić information content (AvgIpc) is 3.03. The lowest BCUT2D eigenvalue weighted by atomic mass is 10.0. The van der Waals surface area contributed by atoms with E-state index in [1.807, 2.05) is 26.0 Å². The minimum atomic E-state index is -0.179. The number of aromatic nitrogens is 1. The van der Waals surface area contributed by atoms with Gasteiger partial charge in [0.15, 0.2) is 5.96 Å². The van der Waals surface area contributed by atoms with Crippen LogP contribution in [-0.4, -0.2) is 48.2 Å². The van der Waals surface area contributed by atoms with Gasteiger partial charge in [-0.05, 0) is 57.7 Å². The molecule has 0 bridgehead atoms. The van der Waals surface area contributed by atoms with Crippen molar-refractivity contribution in [3.05, 3.63) is 52.7 Å². The van der Waals surface area contributed by atoms with Gasteiger partial charge in [-0.25, -0.2) is 4.39 Å². The summed E-state index contributed by atoms with van der Waals surface area (Å²) < 4.78 is 18.3. The molecule has 0 spiro atoms. The number of benzene rings is 1. The Bertz CT molecular complexity index is 781. The van der Waals surface area contributed by atoms with Gasteiger partial charge in [0, 0.05) is 44.3 Å². The smallest absolute Gasteiger partial charge is 0.191 e. The van der Waals surface area contributed by atoms with Gasteiger partial charge >= 0.3 is 0 Å². The van der Waals surface area contributed by atoms with Crippen molar-refractivity contribution in [3.8, 4) is 0 Å². The summed E-state index contributed by atoms with van der Waals surface area (Å²) in [7, 11) is 0. The van der Waals surface area contributed by atoms with Crippen molar-refractivity contribution in [2.75, 3.05) is 26.2 Å². The molecule has 0 aliphatic carbocycles. The van der Waals surface area contributed by atoms with Gasteiger partial charge in [0.2, 0.25) is 0 Å². The molecule has 0 amide bonds. The molecule has 2 N–H and O–H groups in total. The Kier molecular flexibility index (Phi) is 10.0. The molecule has 0 unspecified atom stereocenters. The van der Waals surface area contributed by atoms with E-state index in [0.29, 0.717) is 12.6 Å². The number of rotatable bonds is 7. The predicted octanol–water partition coefficient (Wildman–Crippen LogP) is 3.81. The Hall–Kier alpha value is -1.68. The molecule has 1 aliphatic heterocycles. The van der Waals surface area contributed by atoms with Crippen LogP contribution in [0, 0.1) is 19.7 Å². The summed E-state index contributed by atoms with van der Waals surface area (Å²) in [5.41, 5.74) is 3.26. The molecule has 0 radical (unpaired) electrons. The van der Waals surface area contributed by atoms with E-state index in [-0.39, 0.29) is 29.8 Å². The van der Waals surface area contributed by atoms with Crippen molar-refractivity contribution in [1.82, 2.24) is 20.7 Å². The molecule has 3 rings (SSSR count). The number of hydrogen-bond donors (Lipinski definition) is 2. The first-order chi connectivity index (χ1) is 14.0.